The largest absolute Gasteiger partial charge is 0.395 e. The molecule has 4 heteroatoms. The molecular formula is C14H19NO2S. The summed E-state index contributed by atoms with van der Waals surface area (Å²) >= 11 is 1.41. The van der Waals surface area contributed by atoms with E-state index in [1.54, 1.807) is 4.90 Å². The fourth-order valence-electron chi connectivity index (χ4n) is 1.59. The fraction of sp³-hybridized carbons (Fsp3) is 0.500. The molecule has 1 amide bonds. The third-order valence-electron chi connectivity index (χ3n) is 2.31. The summed E-state index contributed by atoms with van der Waals surface area (Å²) < 4.78 is 0. The lowest BCUT2D eigenvalue weighted by atomic mass is 10.2. The number of hydrogen-bond acceptors (Lipinski definition) is 3. The van der Waals surface area contributed by atoms with Gasteiger partial charge < -0.3 is 10.0 Å². The fourth-order valence-corrected chi connectivity index (χ4v) is 2.43. The van der Waals surface area contributed by atoms with Gasteiger partial charge in [-0.1, -0.05) is 25.7 Å². The standard InChI is InChI=1S/C14H19NO2S/c1-11(2)10-15(3)14(17)13-12(7-9-18-13)6-4-5-8-16/h7,9,11,16H,5,8,10H2,1-3H3. The van der Waals surface area contributed by atoms with Crippen LogP contribution in [-0.2, 0) is 0 Å². The van der Waals surface area contributed by atoms with Gasteiger partial charge in [-0.25, -0.2) is 0 Å². The molecule has 0 spiro atoms. The van der Waals surface area contributed by atoms with E-state index in [1.165, 1.54) is 11.3 Å². The summed E-state index contributed by atoms with van der Waals surface area (Å²) in [6.45, 7) is 4.95. The Labute approximate surface area is 112 Å². The molecule has 98 valence electrons. The molecule has 1 heterocycles. The van der Waals surface area contributed by atoms with Crippen LogP contribution in [0.25, 0.3) is 0 Å². The summed E-state index contributed by atoms with van der Waals surface area (Å²) in [5.41, 5.74) is 0.758. The molecule has 1 N–H and O–H groups in total. The van der Waals surface area contributed by atoms with Crippen molar-refractivity contribution in [2.45, 2.75) is 20.3 Å². The van der Waals surface area contributed by atoms with E-state index in [0.29, 0.717) is 17.2 Å². The Hall–Kier alpha value is -1.31. The lowest BCUT2D eigenvalue weighted by Gasteiger charge is -2.18. The van der Waals surface area contributed by atoms with Crippen molar-refractivity contribution in [1.29, 1.82) is 0 Å². The highest BCUT2D eigenvalue weighted by Gasteiger charge is 2.17. The molecule has 18 heavy (non-hydrogen) atoms. The maximum atomic E-state index is 12.2. The van der Waals surface area contributed by atoms with Crippen molar-refractivity contribution in [1.82, 2.24) is 4.90 Å². The zero-order valence-corrected chi connectivity index (χ0v) is 11.9. The predicted molar refractivity (Wildman–Crippen MR) is 74.7 cm³/mol. The smallest absolute Gasteiger partial charge is 0.264 e. The van der Waals surface area contributed by atoms with Gasteiger partial charge in [0.1, 0.15) is 4.88 Å². The van der Waals surface area contributed by atoms with E-state index in [9.17, 15) is 4.79 Å². The van der Waals surface area contributed by atoms with Crippen molar-refractivity contribution in [3.05, 3.63) is 21.9 Å². The van der Waals surface area contributed by atoms with Gasteiger partial charge in [-0.15, -0.1) is 11.3 Å². The summed E-state index contributed by atoms with van der Waals surface area (Å²) in [4.78, 5) is 14.6. The Kier molecular flexibility index (Phi) is 5.90. The van der Waals surface area contributed by atoms with Crippen molar-refractivity contribution in [3.8, 4) is 11.8 Å². The van der Waals surface area contributed by atoms with E-state index < -0.39 is 0 Å². The van der Waals surface area contributed by atoms with Crippen LogP contribution in [0.4, 0.5) is 0 Å². The lowest BCUT2D eigenvalue weighted by Crippen LogP contribution is -2.30. The second-order valence-electron chi connectivity index (χ2n) is 4.52. The molecule has 1 aromatic heterocycles. The number of aliphatic hydroxyl groups is 1. The summed E-state index contributed by atoms with van der Waals surface area (Å²) in [6, 6.07) is 1.85. The molecule has 0 aliphatic carbocycles. The lowest BCUT2D eigenvalue weighted by molar-refractivity contribution is 0.0783. The highest BCUT2D eigenvalue weighted by molar-refractivity contribution is 7.12. The van der Waals surface area contributed by atoms with E-state index in [-0.39, 0.29) is 12.5 Å². The van der Waals surface area contributed by atoms with Gasteiger partial charge in [0.25, 0.3) is 5.91 Å². The first-order chi connectivity index (χ1) is 8.56. The van der Waals surface area contributed by atoms with Gasteiger partial charge in [0.05, 0.1) is 6.61 Å². The van der Waals surface area contributed by atoms with Gasteiger partial charge >= 0.3 is 0 Å². The molecular weight excluding hydrogens is 246 g/mol. The molecule has 0 saturated heterocycles. The van der Waals surface area contributed by atoms with Gasteiger partial charge in [-0.2, -0.15) is 0 Å². The van der Waals surface area contributed by atoms with Crippen molar-refractivity contribution in [2.75, 3.05) is 20.2 Å². The van der Waals surface area contributed by atoms with Crippen molar-refractivity contribution >= 4 is 17.2 Å². The van der Waals surface area contributed by atoms with Crippen LogP contribution in [0.2, 0.25) is 0 Å². The third kappa shape index (κ3) is 4.17. The average molecular weight is 265 g/mol. The number of nitrogens with zero attached hydrogens (tertiary/aromatic N) is 1. The molecule has 3 nitrogen and oxygen atoms in total. The number of amides is 1. The normalized spacial score (nSPS) is 10.1. The first-order valence-electron chi connectivity index (χ1n) is 5.99. The van der Waals surface area contributed by atoms with Crippen LogP contribution in [0.1, 0.15) is 35.5 Å². The Morgan fingerprint density at radius 3 is 2.89 bits per heavy atom. The van der Waals surface area contributed by atoms with Crippen LogP contribution >= 0.6 is 11.3 Å². The van der Waals surface area contributed by atoms with Gasteiger partial charge in [0.15, 0.2) is 0 Å². The summed E-state index contributed by atoms with van der Waals surface area (Å²) in [5.74, 6) is 6.25. The van der Waals surface area contributed by atoms with E-state index in [1.807, 2.05) is 18.5 Å². The maximum absolute atomic E-state index is 12.2. The van der Waals surface area contributed by atoms with Crippen molar-refractivity contribution < 1.29 is 9.90 Å². The zero-order valence-electron chi connectivity index (χ0n) is 11.1. The van der Waals surface area contributed by atoms with Crippen LogP contribution < -0.4 is 0 Å². The maximum Gasteiger partial charge on any atom is 0.264 e. The first kappa shape index (κ1) is 14.7. The molecule has 0 aromatic carbocycles. The van der Waals surface area contributed by atoms with E-state index in [0.717, 1.165) is 12.1 Å². The molecule has 0 fully saturated rings. The highest BCUT2D eigenvalue weighted by Crippen LogP contribution is 2.18. The van der Waals surface area contributed by atoms with Crippen LogP contribution in [0.15, 0.2) is 11.4 Å². The van der Waals surface area contributed by atoms with Crippen LogP contribution in [0.5, 0.6) is 0 Å². The molecule has 0 unspecified atom stereocenters. The molecule has 0 bridgehead atoms. The molecule has 0 saturated carbocycles. The van der Waals surface area contributed by atoms with Gasteiger partial charge in [-0.3, -0.25) is 4.79 Å². The average Bonchev–Trinajstić information content (AvgIpc) is 2.75. The molecule has 0 aliphatic heterocycles. The number of aliphatic hydroxyl groups excluding tert-OH is 1. The van der Waals surface area contributed by atoms with Crippen LogP contribution in [0.3, 0.4) is 0 Å². The van der Waals surface area contributed by atoms with Crippen LogP contribution in [0, 0.1) is 17.8 Å². The second kappa shape index (κ2) is 7.20. The summed E-state index contributed by atoms with van der Waals surface area (Å²) in [5, 5.41) is 10.6. The Morgan fingerprint density at radius 1 is 1.56 bits per heavy atom. The minimum atomic E-state index is 0.0204. The minimum Gasteiger partial charge on any atom is -0.395 e. The van der Waals surface area contributed by atoms with Crippen molar-refractivity contribution in [3.63, 3.8) is 0 Å². The molecule has 1 rings (SSSR count). The van der Waals surface area contributed by atoms with Gasteiger partial charge in [0, 0.05) is 25.6 Å². The SMILES string of the molecule is CC(C)CN(C)C(=O)c1sccc1C#CCCO. The topological polar surface area (TPSA) is 40.5 Å². The third-order valence-corrected chi connectivity index (χ3v) is 3.21. The van der Waals surface area contributed by atoms with E-state index in [4.69, 9.17) is 5.11 Å². The first-order valence-corrected chi connectivity index (χ1v) is 6.87. The number of thiophene rings is 1. The number of carbonyl (C=O) groups excluding carboxylic acids is 1. The summed E-state index contributed by atoms with van der Waals surface area (Å²) in [7, 11) is 1.81. The number of rotatable bonds is 4. The monoisotopic (exact) mass is 265 g/mol. The van der Waals surface area contributed by atoms with E-state index >= 15 is 0 Å². The quantitative estimate of drug-likeness (QED) is 0.848. The number of carbonyl (C=O) groups is 1. The highest BCUT2D eigenvalue weighted by atomic mass is 32.1. The zero-order chi connectivity index (χ0) is 13.5. The molecule has 0 aliphatic rings. The minimum absolute atomic E-state index is 0.0204. The second-order valence-corrected chi connectivity index (χ2v) is 5.43. The molecule has 0 radical (unpaired) electrons. The van der Waals surface area contributed by atoms with Crippen LogP contribution in [-0.4, -0.2) is 36.1 Å². The molecule has 0 atom stereocenters. The predicted octanol–water partition coefficient (Wildman–Crippen LogP) is 2.21. The van der Waals surface area contributed by atoms with E-state index in [2.05, 4.69) is 25.7 Å². The Bertz CT molecular complexity index is 454. The van der Waals surface area contributed by atoms with Gasteiger partial charge in [-0.05, 0) is 17.4 Å². The summed E-state index contributed by atoms with van der Waals surface area (Å²) in [6.07, 6.45) is 0.436. The van der Waals surface area contributed by atoms with Gasteiger partial charge in [0.2, 0.25) is 0 Å². The Morgan fingerprint density at radius 2 is 2.28 bits per heavy atom. The number of hydrogen-bond donors (Lipinski definition) is 1. The van der Waals surface area contributed by atoms with Crippen molar-refractivity contribution in [2.24, 2.45) is 5.92 Å². The molecule has 1 aromatic rings. The Balaban J connectivity index is 2.81.